The molecule has 0 bridgehead atoms. The molecule has 0 aliphatic rings. The van der Waals surface area contributed by atoms with Crippen molar-refractivity contribution >= 4 is 17.3 Å². The molecule has 15 heavy (non-hydrogen) atoms. The smallest absolute Gasteiger partial charge is 0.0406 e. The Morgan fingerprint density at radius 3 is 2.27 bits per heavy atom. The van der Waals surface area contributed by atoms with Gasteiger partial charge in [-0.15, -0.1) is 0 Å². The van der Waals surface area contributed by atoms with Crippen LogP contribution in [0.3, 0.4) is 0 Å². The summed E-state index contributed by atoms with van der Waals surface area (Å²) in [4.78, 5) is 0. The summed E-state index contributed by atoms with van der Waals surface area (Å²) in [5.74, 6) is 0. The molecular weight excluding hydrogens is 206 g/mol. The molecule has 0 amide bonds. The van der Waals surface area contributed by atoms with E-state index in [0.717, 1.165) is 22.7 Å². The Kier molecular flexibility index (Phi) is 2.93. The molecule has 2 rings (SSSR count). The molecule has 1 nitrogen and oxygen atoms in total. The fraction of sp³-hybridized carbons (Fsp3) is 0.0769. The van der Waals surface area contributed by atoms with Crippen molar-refractivity contribution in [3.8, 4) is 0 Å². The summed E-state index contributed by atoms with van der Waals surface area (Å²) in [6, 6.07) is 15.8. The summed E-state index contributed by atoms with van der Waals surface area (Å²) in [7, 11) is 0. The summed E-state index contributed by atoms with van der Waals surface area (Å²) in [6.45, 7) is 0. The van der Waals surface area contributed by atoms with Gasteiger partial charge in [0.1, 0.15) is 0 Å². The Bertz CT molecular complexity index is 448. The number of hydrogen-bond donors (Lipinski definition) is 1. The molecule has 2 aromatic carbocycles. The quantitative estimate of drug-likeness (QED) is 0.766. The first-order valence-electron chi connectivity index (χ1n) is 4.83. The predicted molar refractivity (Wildman–Crippen MR) is 65.1 cm³/mol. The highest BCUT2D eigenvalue weighted by molar-refractivity contribution is 6.30. The first-order chi connectivity index (χ1) is 7.25. The highest BCUT2D eigenvalue weighted by Crippen LogP contribution is 2.17. The maximum Gasteiger partial charge on any atom is 0.0406 e. The lowest BCUT2D eigenvalue weighted by molar-refractivity contribution is 1.20. The molecule has 0 saturated carbocycles. The largest absolute Gasteiger partial charge is 0.398 e. The summed E-state index contributed by atoms with van der Waals surface area (Å²) in [5.41, 5.74) is 9.08. The zero-order chi connectivity index (χ0) is 10.7. The standard InChI is InChI=1S/C13H12ClN/c14-12-7-5-10(6-8-12)9-11-3-1-2-4-13(11)15/h1-8H,9,15H2. The van der Waals surface area contributed by atoms with Crippen LogP contribution in [0.4, 0.5) is 5.69 Å². The summed E-state index contributed by atoms with van der Waals surface area (Å²) >= 11 is 5.82. The van der Waals surface area contributed by atoms with Crippen LogP contribution in [0.2, 0.25) is 5.02 Å². The topological polar surface area (TPSA) is 26.0 Å². The van der Waals surface area contributed by atoms with Crippen molar-refractivity contribution in [1.29, 1.82) is 0 Å². The van der Waals surface area contributed by atoms with E-state index in [0.29, 0.717) is 0 Å². The highest BCUT2D eigenvalue weighted by atomic mass is 35.5. The highest BCUT2D eigenvalue weighted by Gasteiger charge is 1.99. The van der Waals surface area contributed by atoms with E-state index in [1.807, 2.05) is 48.5 Å². The van der Waals surface area contributed by atoms with Crippen molar-refractivity contribution in [1.82, 2.24) is 0 Å². The SMILES string of the molecule is Nc1ccccc1Cc1ccc(Cl)cc1. The van der Waals surface area contributed by atoms with Gasteiger partial charge in [0.15, 0.2) is 0 Å². The molecule has 0 aromatic heterocycles. The molecule has 0 saturated heterocycles. The Hall–Kier alpha value is -1.47. The molecule has 0 unspecified atom stereocenters. The third-order valence-electron chi connectivity index (χ3n) is 2.36. The molecule has 2 heteroatoms. The van der Waals surface area contributed by atoms with E-state index < -0.39 is 0 Å². The van der Waals surface area contributed by atoms with Gasteiger partial charge in [0.25, 0.3) is 0 Å². The Morgan fingerprint density at radius 2 is 1.60 bits per heavy atom. The number of anilines is 1. The Balaban J connectivity index is 2.22. The number of para-hydroxylation sites is 1. The first kappa shape index (κ1) is 10.1. The lowest BCUT2D eigenvalue weighted by Gasteiger charge is -2.05. The zero-order valence-corrected chi connectivity index (χ0v) is 9.04. The molecule has 0 fully saturated rings. The van der Waals surface area contributed by atoms with E-state index in [2.05, 4.69) is 0 Å². The number of halogens is 1. The first-order valence-corrected chi connectivity index (χ1v) is 5.21. The molecule has 2 aromatic rings. The van der Waals surface area contributed by atoms with Gasteiger partial charge in [-0.2, -0.15) is 0 Å². The van der Waals surface area contributed by atoms with Crippen LogP contribution in [-0.4, -0.2) is 0 Å². The lowest BCUT2D eigenvalue weighted by Crippen LogP contribution is -1.94. The summed E-state index contributed by atoms with van der Waals surface area (Å²) in [6.07, 6.45) is 0.851. The van der Waals surface area contributed by atoms with Crippen LogP contribution in [0, 0.1) is 0 Å². The van der Waals surface area contributed by atoms with Crippen LogP contribution >= 0.6 is 11.6 Å². The van der Waals surface area contributed by atoms with Crippen LogP contribution in [0.15, 0.2) is 48.5 Å². The Labute approximate surface area is 94.5 Å². The van der Waals surface area contributed by atoms with Crippen LogP contribution < -0.4 is 5.73 Å². The monoisotopic (exact) mass is 217 g/mol. The average molecular weight is 218 g/mol. The van der Waals surface area contributed by atoms with E-state index in [1.54, 1.807) is 0 Å². The molecular formula is C13H12ClN. The van der Waals surface area contributed by atoms with Gasteiger partial charge in [-0.25, -0.2) is 0 Å². The van der Waals surface area contributed by atoms with Crippen LogP contribution in [0.25, 0.3) is 0 Å². The van der Waals surface area contributed by atoms with Gasteiger partial charge in [0.05, 0.1) is 0 Å². The van der Waals surface area contributed by atoms with Crippen molar-refractivity contribution in [3.05, 3.63) is 64.7 Å². The van der Waals surface area contributed by atoms with E-state index in [1.165, 1.54) is 5.56 Å². The van der Waals surface area contributed by atoms with Crippen molar-refractivity contribution < 1.29 is 0 Å². The molecule has 0 radical (unpaired) electrons. The fourth-order valence-corrected chi connectivity index (χ4v) is 1.64. The van der Waals surface area contributed by atoms with Gasteiger partial charge in [-0.05, 0) is 35.7 Å². The second-order valence-corrected chi connectivity index (χ2v) is 3.94. The van der Waals surface area contributed by atoms with Gasteiger partial charge < -0.3 is 5.73 Å². The molecule has 0 aliphatic heterocycles. The number of nitrogen functional groups attached to an aromatic ring is 1. The van der Waals surface area contributed by atoms with Crippen molar-refractivity contribution in [2.45, 2.75) is 6.42 Å². The van der Waals surface area contributed by atoms with Crippen molar-refractivity contribution in [2.75, 3.05) is 5.73 Å². The zero-order valence-electron chi connectivity index (χ0n) is 8.28. The van der Waals surface area contributed by atoms with Crippen LogP contribution in [0.5, 0.6) is 0 Å². The van der Waals surface area contributed by atoms with Gasteiger partial charge in [-0.3, -0.25) is 0 Å². The number of benzene rings is 2. The minimum atomic E-state index is 0.764. The second kappa shape index (κ2) is 4.37. The number of rotatable bonds is 2. The van der Waals surface area contributed by atoms with Gasteiger partial charge in [0, 0.05) is 10.7 Å². The van der Waals surface area contributed by atoms with Crippen LogP contribution in [-0.2, 0) is 6.42 Å². The van der Waals surface area contributed by atoms with Gasteiger partial charge >= 0.3 is 0 Å². The summed E-state index contributed by atoms with van der Waals surface area (Å²) < 4.78 is 0. The van der Waals surface area contributed by atoms with Crippen molar-refractivity contribution in [2.24, 2.45) is 0 Å². The van der Waals surface area contributed by atoms with Crippen LogP contribution in [0.1, 0.15) is 11.1 Å². The molecule has 0 atom stereocenters. The predicted octanol–water partition coefficient (Wildman–Crippen LogP) is 3.51. The molecule has 0 spiro atoms. The molecule has 76 valence electrons. The molecule has 0 heterocycles. The third kappa shape index (κ3) is 2.51. The van der Waals surface area contributed by atoms with Gasteiger partial charge in [-0.1, -0.05) is 41.9 Å². The lowest BCUT2D eigenvalue weighted by atomic mass is 10.0. The van der Waals surface area contributed by atoms with E-state index in [9.17, 15) is 0 Å². The molecule has 2 N–H and O–H groups in total. The average Bonchev–Trinajstić information content (AvgIpc) is 2.25. The van der Waals surface area contributed by atoms with E-state index in [4.69, 9.17) is 17.3 Å². The Morgan fingerprint density at radius 1 is 0.933 bits per heavy atom. The maximum absolute atomic E-state index is 5.87. The van der Waals surface area contributed by atoms with Gasteiger partial charge in [0.2, 0.25) is 0 Å². The fourth-order valence-electron chi connectivity index (χ4n) is 1.52. The minimum absolute atomic E-state index is 0.764. The van der Waals surface area contributed by atoms with E-state index >= 15 is 0 Å². The summed E-state index contributed by atoms with van der Waals surface area (Å²) in [5, 5.41) is 0.764. The normalized spacial score (nSPS) is 10.2. The number of nitrogens with two attached hydrogens (primary N) is 1. The second-order valence-electron chi connectivity index (χ2n) is 3.50. The van der Waals surface area contributed by atoms with E-state index in [-0.39, 0.29) is 0 Å². The number of hydrogen-bond acceptors (Lipinski definition) is 1. The minimum Gasteiger partial charge on any atom is -0.398 e. The van der Waals surface area contributed by atoms with Crippen molar-refractivity contribution in [3.63, 3.8) is 0 Å². The third-order valence-corrected chi connectivity index (χ3v) is 2.61. The molecule has 0 aliphatic carbocycles. The maximum atomic E-state index is 5.87.